The molecular formula is C13H20N2O2. The van der Waals surface area contributed by atoms with Crippen molar-refractivity contribution >= 4 is 6.08 Å². The van der Waals surface area contributed by atoms with Gasteiger partial charge in [-0.15, -0.1) is 0 Å². The van der Waals surface area contributed by atoms with E-state index in [-0.39, 0.29) is 17.9 Å². The Hall–Kier alpha value is -1.55. The Balaban J connectivity index is 2.83. The molecule has 1 aromatic heterocycles. The van der Waals surface area contributed by atoms with E-state index in [0.29, 0.717) is 11.3 Å². The molecule has 0 fully saturated rings. The summed E-state index contributed by atoms with van der Waals surface area (Å²) in [6, 6.07) is 0.108. The average Bonchev–Trinajstić information content (AvgIpc) is 2.22. The molecule has 0 aliphatic carbocycles. The van der Waals surface area contributed by atoms with Gasteiger partial charge >= 0.3 is 0 Å². The summed E-state index contributed by atoms with van der Waals surface area (Å²) in [6.45, 7) is 5.73. The first kappa shape index (κ1) is 13.5. The van der Waals surface area contributed by atoms with Crippen molar-refractivity contribution in [2.75, 3.05) is 0 Å². The van der Waals surface area contributed by atoms with Gasteiger partial charge < -0.3 is 15.6 Å². The molecule has 0 aliphatic rings. The van der Waals surface area contributed by atoms with Crippen molar-refractivity contribution in [1.29, 1.82) is 0 Å². The van der Waals surface area contributed by atoms with Crippen LogP contribution in [0.5, 0.6) is 11.5 Å². The third kappa shape index (κ3) is 4.44. The molecule has 0 amide bonds. The van der Waals surface area contributed by atoms with Gasteiger partial charge in [-0.1, -0.05) is 12.2 Å². The molecule has 4 heteroatoms. The smallest absolute Gasteiger partial charge is 0.180 e. The molecule has 0 spiro atoms. The van der Waals surface area contributed by atoms with Crippen LogP contribution in [0.3, 0.4) is 0 Å². The number of rotatable bonds is 5. The zero-order valence-electron chi connectivity index (χ0n) is 10.6. The summed E-state index contributed by atoms with van der Waals surface area (Å²) in [4.78, 5) is 4.03. The fourth-order valence-electron chi connectivity index (χ4n) is 1.32. The highest BCUT2D eigenvalue weighted by Gasteiger charge is 2.08. The summed E-state index contributed by atoms with van der Waals surface area (Å²) in [5.41, 5.74) is 6.28. The van der Waals surface area contributed by atoms with Gasteiger partial charge in [0.25, 0.3) is 0 Å². The summed E-state index contributed by atoms with van der Waals surface area (Å²) in [5.74, 6) is 0.526. The third-order valence-electron chi connectivity index (χ3n) is 2.08. The number of ether oxygens (including phenoxy) is 1. The minimum absolute atomic E-state index is 0.00555. The highest BCUT2D eigenvalue weighted by molar-refractivity contribution is 5.60. The number of nitrogens with two attached hydrogens (primary N) is 1. The van der Waals surface area contributed by atoms with Gasteiger partial charge in [0, 0.05) is 17.8 Å². The van der Waals surface area contributed by atoms with E-state index in [1.165, 1.54) is 6.20 Å². The zero-order chi connectivity index (χ0) is 12.8. The molecule has 0 unspecified atom stereocenters. The number of aromatic nitrogens is 1. The molecule has 4 nitrogen and oxygen atoms in total. The van der Waals surface area contributed by atoms with Crippen LogP contribution in [0.2, 0.25) is 0 Å². The Bertz CT molecular complexity index is 387. The molecular weight excluding hydrogens is 216 g/mol. The summed E-state index contributed by atoms with van der Waals surface area (Å²) in [7, 11) is 0. The van der Waals surface area contributed by atoms with E-state index in [4.69, 9.17) is 10.5 Å². The second kappa shape index (κ2) is 6.25. The molecule has 94 valence electrons. The fraction of sp³-hybridized carbons (Fsp3) is 0.462. The van der Waals surface area contributed by atoms with Gasteiger partial charge in [0.2, 0.25) is 0 Å². The predicted octanol–water partition coefficient (Wildman–Crippen LogP) is 2.32. The lowest BCUT2D eigenvalue weighted by atomic mass is 10.2. The first-order chi connectivity index (χ1) is 8.00. The van der Waals surface area contributed by atoms with Crippen LogP contribution in [0, 0.1) is 0 Å². The lowest BCUT2D eigenvalue weighted by molar-refractivity contribution is 0.230. The fourth-order valence-corrected chi connectivity index (χ4v) is 1.32. The summed E-state index contributed by atoms with van der Waals surface area (Å²) < 4.78 is 5.44. The molecule has 1 heterocycles. The molecule has 1 aromatic rings. The average molecular weight is 236 g/mol. The number of nitrogens with zero attached hydrogens (tertiary/aromatic N) is 1. The lowest BCUT2D eigenvalue weighted by Gasteiger charge is -2.11. The third-order valence-corrected chi connectivity index (χ3v) is 2.08. The van der Waals surface area contributed by atoms with Crippen molar-refractivity contribution in [1.82, 2.24) is 4.98 Å². The summed E-state index contributed by atoms with van der Waals surface area (Å²) in [5, 5.41) is 9.96. The molecule has 1 atom stereocenters. The zero-order valence-corrected chi connectivity index (χ0v) is 10.6. The monoisotopic (exact) mass is 236 g/mol. The molecule has 0 aliphatic heterocycles. The molecule has 0 saturated carbocycles. The summed E-state index contributed by atoms with van der Waals surface area (Å²) in [6.07, 6.45) is 7.60. The maximum atomic E-state index is 9.96. The number of hydrogen-bond acceptors (Lipinski definition) is 4. The topological polar surface area (TPSA) is 68.4 Å². The predicted molar refractivity (Wildman–Crippen MR) is 69.0 cm³/mol. The summed E-state index contributed by atoms with van der Waals surface area (Å²) >= 11 is 0. The first-order valence-electron chi connectivity index (χ1n) is 5.76. The molecule has 17 heavy (non-hydrogen) atoms. The number of aromatic hydroxyl groups is 1. The van der Waals surface area contributed by atoms with Crippen LogP contribution in [-0.4, -0.2) is 22.2 Å². The Morgan fingerprint density at radius 3 is 2.71 bits per heavy atom. The Kier molecular flexibility index (Phi) is 4.97. The number of hydrogen-bond donors (Lipinski definition) is 2. The molecule has 3 N–H and O–H groups in total. The minimum Gasteiger partial charge on any atom is -0.504 e. The SMILES string of the molecule is CC(C)Oc1cncc(/C=C/C[C@H](C)N)c1O. The van der Waals surface area contributed by atoms with Crippen LogP contribution in [0.15, 0.2) is 18.5 Å². The van der Waals surface area contributed by atoms with Crippen LogP contribution in [-0.2, 0) is 0 Å². The van der Waals surface area contributed by atoms with Gasteiger partial charge in [-0.2, -0.15) is 0 Å². The van der Waals surface area contributed by atoms with Gasteiger partial charge in [-0.05, 0) is 27.2 Å². The first-order valence-corrected chi connectivity index (χ1v) is 5.76. The second-order valence-electron chi connectivity index (χ2n) is 4.36. The largest absolute Gasteiger partial charge is 0.504 e. The maximum absolute atomic E-state index is 9.96. The van der Waals surface area contributed by atoms with Crippen LogP contribution < -0.4 is 10.5 Å². The van der Waals surface area contributed by atoms with Crippen LogP contribution in [0.25, 0.3) is 6.08 Å². The van der Waals surface area contributed by atoms with Crippen LogP contribution in [0.4, 0.5) is 0 Å². The normalized spacial score (nSPS) is 13.2. The standard InChI is InChI=1S/C13H20N2O2/c1-9(2)17-12-8-15-7-11(13(12)16)6-4-5-10(3)14/h4,6-10H,5,14H2,1-3H3,(H,15,16)/b6-4+/t10-/m0/s1. The van der Waals surface area contributed by atoms with E-state index in [1.54, 1.807) is 12.3 Å². The van der Waals surface area contributed by atoms with Gasteiger partial charge in [0.05, 0.1) is 12.3 Å². The van der Waals surface area contributed by atoms with E-state index in [0.717, 1.165) is 6.42 Å². The van der Waals surface area contributed by atoms with E-state index >= 15 is 0 Å². The maximum Gasteiger partial charge on any atom is 0.180 e. The van der Waals surface area contributed by atoms with E-state index < -0.39 is 0 Å². The van der Waals surface area contributed by atoms with E-state index in [9.17, 15) is 5.11 Å². The Morgan fingerprint density at radius 1 is 1.41 bits per heavy atom. The molecule has 0 bridgehead atoms. The highest BCUT2D eigenvalue weighted by atomic mass is 16.5. The Morgan fingerprint density at radius 2 is 2.12 bits per heavy atom. The molecule has 0 aromatic carbocycles. The molecule has 0 saturated heterocycles. The molecule has 1 rings (SSSR count). The van der Waals surface area contributed by atoms with Crippen molar-refractivity contribution in [2.45, 2.75) is 39.3 Å². The van der Waals surface area contributed by atoms with Crippen LogP contribution in [0.1, 0.15) is 32.8 Å². The van der Waals surface area contributed by atoms with Gasteiger partial charge in [0.15, 0.2) is 11.5 Å². The van der Waals surface area contributed by atoms with Crippen LogP contribution >= 0.6 is 0 Å². The van der Waals surface area contributed by atoms with E-state index in [1.807, 2.05) is 26.8 Å². The lowest BCUT2D eigenvalue weighted by Crippen LogP contribution is -2.12. The molecule has 0 radical (unpaired) electrons. The highest BCUT2D eigenvalue weighted by Crippen LogP contribution is 2.30. The second-order valence-corrected chi connectivity index (χ2v) is 4.36. The van der Waals surface area contributed by atoms with Crippen molar-refractivity contribution in [2.24, 2.45) is 5.73 Å². The van der Waals surface area contributed by atoms with Gasteiger partial charge in [-0.3, -0.25) is 4.98 Å². The van der Waals surface area contributed by atoms with Gasteiger partial charge in [-0.25, -0.2) is 0 Å². The quantitative estimate of drug-likeness (QED) is 0.823. The minimum atomic E-state index is 0.00555. The van der Waals surface area contributed by atoms with Crippen molar-refractivity contribution in [3.05, 3.63) is 24.0 Å². The van der Waals surface area contributed by atoms with E-state index in [2.05, 4.69) is 4.98 Å². The van der Waals surface area contributed by atoms with Gasteiger partial charge in [0.1, 0.15) is 0 Å². The van der Waals surface area contributed by atoms with Crippen molar-refractivity contribution in [3.8, 4) is 11.5 Å². The van der Waals surface area contributed by atoms with Crippen molar-refractivity contribution < 1.29 is 9.84 Å². The van der Waals surface area contributed by atoms with Crippen molar-refractivity contribution in [3.63, 3.8) is 0 Å². The number of pyridine rings is 1. The Labute approximate surface area is 102 Å².